The van der Waals surface area contributed by atoms with E-state index in [4.69, 9.17) is 10.5 Å². The van der Waals surface area contributed by atoms with Crippen LogP contribution in [0, 0.1) is 0 Å². The van der Waals surface area contributed by atoms with Crippen LogP contribution in [0.5, 0.6) is 0 Å². The maximum Gasteiger partial charge on any atom is 0.123 e. The first kappa shape index (κ1) is 18.3. The summed E-state index contributed by atoms with van der Waals surface area (Å²) in [5.74, 6) is 0. The molecule has 4 heteroatoms. The molecule has 0 saturated carbocycles. The van der Waals surface area contributed by atoms with Gasteiger partial charge in [0.15, 0.2) is 0 Å². The Balaban J connectivity index is 0.000000220. The Kier molecular flexibility index (Phi) is 6.71. The van der Waals surface area contributed by atoms with Crippen molar-refractivity contribution in [1.82, 2.24) is 0 Å². The van der Waals surface area contributed by atoms with Crippen LogP contribution >= 0.6 is 0 Å². The zero-order valence-electron chi connectivity index (χ0n) is 13.5. The number of rotatable bonds is 4. The van der Waals surface area contributed by atoms with Gasteiger partial charge in [0.05, 0.1) is 0 Å². The van der Waals surface area contributed by atoms with Crippen molar-refractivity contribution in [3.05, 3.63) is 71.8 Å². The molecule has 0 amide bonds. The number of hydrogen-bond donors (Lipinski definition) is 2. The van der Waals surface area contributed by atoms with Gasteiger partial charge in [0.25, 0.3) is 0 Å². The molecule has 0 saturated heterocycles. The maximum absolute atomic E-state index is 8.55. The maximum atomic E-state index is 8.55. The van der Waals surface area contributed by atoms with Gasteiger partial charge in [0, 0.05) is 0 Å². The van der Waals surface area contributed by atoms with E-state index in [1.165, 1.54) is 0 Å². The van der Waals surface area contributed by atoms with Gasteiger partial charge in [-0.05, 0) is 38.8 Å². The molecule has 2 N–H and O–H groups in total. The Morgan fingerprint density at radius 3 is 1.09 bits per heavy atom. The van der Waals surface area contributed by atoms with Crippen LogP contribution in [0.1, 0.15) is 38.8 Å². The van der Waals surface area contributed by atoms with Gasteiger partial charge in [0.1, 0.15) is 11.2 Å². The molecule has 0 atom stereocenters. The summed E-state index contributed by atoms with van der Waals surface area (Å²) in [6.45, 7) is 7.23. The van der Waals surface area contributed by atoms with Gasteiger partial charge in [-0.3, -0.25) is 10.5 Å². The van der Waals surface area contributed by atoms with Gasteiger partial charge in [-0.15, -0.1) is 0 Å². The predicted octanol–water partition coefficient (Wildman–Crippen LogP) is 4.82. The molecule has 0 spiro atoms. The highest BCUT2D eigenvalue weighted by atomic mass is 17.1. The highest BCUT2D eigenvalue weighted by Gasteiger charge is 2.21. The number of hydrogen-bond acceptors (Lipinski definition) is 4. The second-order valence-electron chi connectivity index (χ2n) is 5.94. The minimum atomic E-state index is -0.610. The van der Waals surface area contributed by atoms with Crippen molar-refractivity contribution in [2.24, 2.45) is 0 Å². The summed E-state index contributed by atoms with van der Waals surface area (Å²) in [6.07, 6.45) is 0. The van der Waals surface area contributed by atoms with Gasteiger partial charge in [-0.25, -0.2) is 9.78 Å². The third-order valence-corrected chi connectivity index (χ3v) is 3.39. The van der Waals surface area contributed by atoms with Crippen LogP contribution in [0.3, 0.4) is 0 Å². The first-order valence-electron chi connectivity index (χ1n) is 7.09. The lowest BCUT2D eigenvalue weighted by Crippen LogP contribution is -2.19. The van der Waals surface area contributed by atoms with E-state index in [-0.39, 0.29) is 0 Å². The van der Waals surface area contributed by atoms with E-state index in [9.17, 15) is 0 Å². The number of benzene rings is 2. The summed E-state index contributed by atoms with van der Waals surface area (Å²) in [6, 6.07) is 19.2. The third-order valence-electron chi connectivity index (χ3n) is 3.39. The van der Waals surface area contributed by atoms with Crippen LogP contribution in [0.15, 0.2) is 60.7 Å². The Hall–Kier alpha value is -1.72. The largest absolute Gasteiger partial charge is 0.251 e. The average Bonchev–Trinajstić information content (AvgIpc) is 2.57. The lowest BCUT2D eigenvalue weighted by Gasteiger charge is -2.20. The van der Waals surface area contributed by atoms with E-state index in [2.05, 4.69) is 9.78 Å². The molecule has 0 aliphatic carbocycles. The van der Waals surface area contributed by atoms with Crippen molar-refractivity contribution in [3.8, 4) is 0 Å². The Labute approximate surface area is 131 Å². The van der Waals surface area contributed by atoms with Crippen molar-refractivity contribution in [2.75, 3.05) is 0 Å². The topological polar surface area (TPSA) is 58.9 Å². The van der Waals surface area contributed by atoms with Gasteiger partial charge in [-0.1, -0.05) is 60.7 Å². The lowest BCUT2D eigenvalue weighted by molar-refractivity contribution is -0.318. The highest BCUT2D eigenvalue weighted by molar-refractivity contribution is 5.21. The minimum Gasteiger partial charge on any atom is -0.251 e. The van der Waals surface area contributed by atoms with E-state index < -0.39 is 11.2 Å². The fourth-order valence-electron chi connectivity index (χ4n) is 1.78. The van der Waals surface area contributed by atoms with E-state index >= 15 is 0 Å². The monoisotopic (exact) mass is 304 g/mol. The molecule has 0 aliphatic rings. The summed E-state index contributed by atoms with van der Waals surface area (Å²) in [7, 11) is 0. The van der Waals surface area contributed by atoms with Gasteiger partial charge in [-0.2, -0.15) is 0 Å². The average molecular weight is 304 g/mol. The fraction of sp³-hybridized carbons (Fsp3) is 0.333. The predicted molar refractivity (Wildman–Crippen MR) is 86.4 cm³/mol. The quantitative estimate of drug-likeness (QED) is 0.628. The molecule has 0 aliphatic heterocycles. The summed E-state index contributed by atoms with van der Waals surface area (Å²) in [5, 5.41) is 17.1. The van der Waals surface area contributed by atoms with E-state index in [0.717, 1.165) is 11.1 Å². The molecule has 2 aromatic rings. The normalized spacial score (nSPS) is 11.5. The molecular formula is C18H24O4. The van der Waals surface area contributed by atoms with Crippen molar-refractivity contribution in [3.63, 3.8) is 0 Å². The van der Waals surface area contributed by atoms with Crippen LogP contribution in [-0.4, -0.2) is 10.5 Å². The molecule has 0 aromatic heterocycles. The van der Waals surface area contributed by atoms with Gasteiger partial charge in [0.2, 0.25) is 0 Å². The third kappa shape index (κ3) is 5.24. The molecule has 4 nitrogen and oxygen atoms in total. The minimum absolute atomic E-state index is 0.610. The second kappa shape index (κ2) is 8.06. The molecule has 2 rings (SSSR count). The van der Waals surface area contributed by atoms with Crippen LogP contribution in [0.2, 0.25) is 0 Å². The van der Waals surface area contributed by atoms with E-state index in [1.54, 1.807) is 0 Å². The molecule has 0 unspecified atom stereocenters. The summed E-state index contributed by atoms with van der Waals surface area (Å²) in [5.41, 5.74) is 0.702. The molecular weight excluding hydrogens is 280 g/mol. The Morgan fingerprint density at radius 1 is 0.591 bits per heavy atom. The first-order chi connectivity index (χ1) is 10.3. The molecule has 0 heterocycles. The van der Waals surface area contributed by atoms with Crippen molar-refractivity contribution >= 4 is 0 Å². The summed E-state index contributed by atoms with van der Waals surface area (Å²) < 4.78 is 0. The summed E-state index contributed by atoms with van der Waals surface area (Å²) in [4.78, 5) is 8.65. The van der Waals surface area contributed by atoms with E-state index in [0.29, 0.717) is 0 Å². The van der Waals surface area contributed by atoms with Gasteiger partial charge < -0.3 is 0 Å². The van der Waals surface area contributed by atoms with Crippen LogP contribution < -0.4 is 0 Å². The Morgan fingerprint density at radius 2 is 0.864 bits per heavy atom. The lowest BCUT2D eigenvalue weighted by atomic mass is 9.99. The zero-order chi connectivity index (χ0) is 16.6. The Bertz CT molecular complexity index is 484. The van der Waals surface area contributed by atoms with Crippen LogP contribution in [-0.2, 0) is 21.0 Å². The van der Waals surface area contributed by atoms with Crippen molar-refractivity contribution in [2.45, 2.75) is 38.9 Å². The van der Waals surface area contributed by atoms with Gasteiger partial charge >= 0.3 is 0 Å². The molecule has 120 valence electrons. The van der Waals surface area contributed by atoms with E-state index in [1.807, 2.05) is 88.4 Å². The van der Waals surface area contributed by atoms with Crippen LogP contribution in [0.4, 0.5) is 0 Å². The fourth-order valence-corrected chi connectivity index (χ4v) is 1.78. The van der Waals surface area contributed by atoms with Crippen molar-refractivity contribution < 1.29 is 20.3 Å². The second-order valence-corrected chi connectivity index (χ2v) is 5.94. The molecule has 0 radical (unpaired) electrons. The smallest absolute Gasteiger partial charge is 0.123 e. The van der Waals surface area contributed by atoms with Crippen LogP contribution in [0.25, 0.3) is 0 Å². The standard InChI is InChI=1S/2C9H12O2/c2*1-9(2,11-10)8-6-4-3-5-7-8/h2*3-7,10H,1-2H3. The molecule has 22 heavy (non-hydrogen) atoms. The molecule has 0 fully saturated rings. The zero-order valence-corrected chi connectivity index (χ0v) is 13.5. The van der Waals surface area contributed by atoms with Crippen molar-refractivity contribution in [1.29, 1.82) is 0 Å². The highest BCUT2D eigenvalue weighted by Crippen LogP contribution is 2.23. The summed E-state index contributed by atoms with van der Waals surface area (Å²) >= 11 is 0. The SMILES string of the molecule is CC(C)(OO)c1ccccc1.CC(C)(OO)c1ccccc1. The molecule has 0 bridgehead atoms. The molecule has 2 aromatic carbocycles. The first-order valence-corrected chi connectivity index (χ1v) is 7.09.